The fraction of sp³-hybridized carbons (Fsp3) is 0.562. The molecule has 2 aromatic heterocycles. The number of piperidine rings is 1. The van der Waals surface area contributed by atoms with Gasteiger partial charge in [0.05, 0.1) is 5.39 Å². The molecule has 6 heteroatoms. The van der Waals surface area contributed by atoms with Crippen LogP contribution in [0.2, 0.25) is 0 Å². The molecule has 0 saturated carbocycles. The zero-order chi connectivity index (χ0) is 15.1. The highest BCUT2D eigenvalue weighted by Crippen LogP contribution is 2.31. The van der Waals surface area contributed by atoms with Crippen molar-refractivity contribution in [1.29, 1.82) is 0 Å². The molecule has 2 aromatic rings. The lowest BCUT2D eigenvalue weighted by molar-refractivity contribution is 0.478. The molecule has 0 bridgehead atoms. The van der Waals surface area contributed by atoms with Gasteiger partial charge in [0, 0.05) is 18.3 Å². The van der Waals surface area contributed by atoms with E-state index < -0.39 is 0 Å². The van der Waals surface area contributed by atoms with Crippen molar-refractivity contribution < 1.29 is 0 Å². The van der Waals surface area contributed by atoms with E-state index in [0.717, 1.165) is 43.4 Å². The Balaban J connectivity index is 1.74. The van der Waals surface area contributed by atoms with E-state index in [2.05, 4.69) is 27.5 Å². The van der Waals surface area contributed by atoms with Crippen LogP contribution in [0.15, 0.2) is 0 Å². The van der Waals surface area contributed by atoms with E-state index in [1.807, 2.05) is 0 Å². The Morgan fingerprint density at radius 1 is 1.18 bits per heavy atom. The summed E-state index contributed by atoms with van der Waals surface area (Å²) >= 11 is 0. The Bertz CT molecular complexity index is 720. The molecule has 1 unspecified atom stereocenters. The molecule has 0 aromatic carbocycles. The fourth-order valence-corrected chi connectivity index (χ4v) is 3.66. The number of hydrogen-bond donors (Lipinski definition) is 3. The zero-order valence-corrected chi connectivity index (χ0v) is 12.9. The Labute approximate surface area is 129 Å². The number of nitrogens with two attached hydrogens (primary N) is 1. The molecule has 3 heterocycles. The first-order valence-electron chi connectivity index (χ1n) is 8.15. The van der Waals surface area contributed by atoms with Gasteiger partial charge >= 0.3 is 0 Å². The highest BCUT2D eigenvalue weighted by Gasteiger charge is 2.21. The lowest BCUT2D eigenvalue weighted by Gasteiger charge is -2.24. The molecule has 1 aliphatic carbocycles. The molecule has 1 atom stereocenters. The summed E-state index contributed by atoms with van der Waals surface area (Å²) in [5, 5.41) is 7.71. The standard InChI is InChI=1S/C16H22N6/c1-9-11-5-2-6-12(11)20-15-13(9)14(17)21-16(22-15)19-10-4-3-7-18-8-10/h10,18H,2-8H2,1H3,(H3,17,19,20,21,22). The van der Waals surface area contributed by atoms with Crippen LogP contribution in [0, 0.1) is 6.92 Å². The van der Waals surface area contributed by atoms with Crippen molar-refractivity contribution in [3.63, 3.8) is 0 Å². The number of pyridine rings is 1. The van der Waals surface area contributed by atoms with Crippen LogP contribution in [0.3, 0.4) is 0 Å². The predicted octanol–water partition coefficient (Wildman–Crippen LogP) is 1.57. The predicted molar refractivity (Wildman–Crippen MR) is 88.0 cm³/mol. The van der Waals surface area contributed by atoms with Gasteiger partial charge < -0.3 is 16.4 Å². The van der Waals surface area contributed by atoms with Crippen LogP contribution in [-0.4, -0.2) is 34.1 Å². The van der Waals surface area contributed by atoms with Crippen LogP contribution >= 0.6 is 0 Å². The van der Waals surface area contributed by atoms with Crippen molar-refractivity contribution in [3.05, 3.63) is 16.8 Å². The van der Waals surface area contributed by atoms with E-state index in [1.165, 1.54) is 29.7 Å². The summed E-state index contributed by atoms with van der Waals surface area (Å²) in [7, 11) is 0. The summed E-state index contributed by atoms with van der Waals surface area (Å²) in [5.41, 5.74) is 10.7. The molecular weight excluding hydrogens is 276 g/mol. The molecule has 1 aliphatic heterocycles. The highest BCUT2D eigenvalue weighted by molar-refractivity contribution is 5.90. The van der Waals surface area contributed by atoms with E-state index in [9.17, 15) is 0 Å². The van der Waals surface area contributed by atoms with Gasteiger partial charge in [-0.05, 0) is 56.7 Å². The SMILES string of the molecule is Cc1c2c(nc3nc(NC4CCCNC4)nc(N)c13)CCC2. The quantitative estimate of drug-likeness (QED) is 0.780. The third kappa shape index (κ3) is 2.27. The van der Waals surface area contributed by atoms with Crippen LogP contribution in [0.4, 0.5) is 11.8 Å². The fourth-order valence-electron chi connectivity index (χ4n) is 3.66. The average Bonchev–Trinajstić information content (AvgIpc) is 2.96. The van der Waals surface area contributed by atoms with Gasteiger partial charge in [-0.3, -0.25) is 0 Å². The summed E-state index contributed by atoms with van der Waals surface area (Å²) in [6.07, 6.45) is 5.62. The second-order valence-electron chi connectivity index (χ2n) is 6.33. The van der Waals surface area contributed by atoms with Crippen molar-refractivity contribution in [1.82, 2.24) is 20.3 Å². The molecule has 0 spiro atoms. The van der Waals surface area contributed by atoms with Gasteiger partial charge in [-0.25, -0.2) is 4.98 Å². The van der Waals surface area contributed by atoms with Crippen LogP contribution in [-0.2, 0) is 12.8 Å². The van der Waals surface area contributed by atoms with Crippen molar-refractivity contribution in [2.24, 2.45) is 0 Å². The van der Waals surface area contributed by atoms with Crippen LogP contribution in [0.1, 0.15) is 36.1 Å². The summed E-state index contributed by atoms with van der Waals surface area (Å²) in [4.78, 5) is 13.8. The summed E-state index contributed by atoms with van der Waals surface area (Å²) in [6, 6.07) is 0.362. The molecule has 0 radical (unpaired) electrons. The van der Waals surface area contributed by atoms with Gasteiger partial charge in [0.1, 0.15) is 5.82 Å². The number of fused-ring (bicyclic) bond motifs is 2. The zero-order valence-electron chi connectivity index (χ0n) is 12.9. The average molecular weight is 298 g/mol. The van der Waals surface area contributed by atoms with Crippen LogP contribution in [0.25, 0.3) is 11.0 Å². The number of anilines is 2. The lowest BCUT2D eigenvalue weighted by atomic mass is 10.1. The molecule has 6 nitrogen and oxygen atoms in total. The van der Waals surface area contributed by atoms with Crippen molar-refractivity contribution in [3.8, 4) is 0 Å². The number of rotatable bonds is 2. The van der Waals surface area contributed by atoms with Crippen molar-refractivity contribution in [2.45, 2.75) is 45.1 Å². The first kappa shape index (κ1) is 13.7. The maximum Gasteiger partial charge on any atom is 0.226 e. The molecule has 4 rings (SSSR count). The van der Waals surface area contributed by atoms with E-state index >= 15 is 0 Å². The maximum absolute atomic E-state index is 6.21. The molecule has 1 fully saturated rings. The molecule has 4 N–H and O–H groups in total. The number of aryl methyl sites for hydroxylation is 2. The number of hydrogen-bond acceptors (Lipinski definition) is 6. The Morgan fingerprint density at radius 2 is 2.09 bits per heavy atom. The smallest absolute Gasteiger partial charge is 0.226 e. The molecular formula is C16H22N6. The number of aromatic nitrogens is 3. The first-order chi connectivity index (χ1) is 10.7. The molecule has 1 saturated heterocycles. The molecule has 22 heavy (non-hydrogen) atoms. The van der Waals surface area contributed by atoms with Gasteiger partial charge in [-0.1, -0.05) is 0 Å². The monoisotopic (exact) mass is 298 g/mol. The second kappa shape index (κ2) is 5.35. The normalized spacial score (nSPS) is 21.0. The van der Waals surface area contributed by atoms with Gasteiger partial charge in [-0.2, -0.15) is 9.97 Å². The first-order valence-corrected chi connectivity index (χ1v) is 8.15. The maximum atomic E-state index is 6.21. The third-order valence-corrected chi connectivity index (χ3v) is 4.81. The van der Waals surface area contributed by atoms with Crippen molar-refractivity contribution >= 4 is 22.8 Å². The minimum absolute atomic E-state index is 0.362. The van der Waals surface area contributed by atoms with E-state index in [1.54, 1.807) is 0 Å². The van der Waals surface area contributed by atoms with Gasteiger partial charge in [0.15, 0.2) is 5.65 Å². The van der Waals surface area contributed by atoms with E-state index in [0.29, 0.717) is 17.8 Å². The largest absolute Gasteiger partial charge is 0.383 e. The van der Waals surface area contributed by atoms with E-state index in [4.69, 9.17) is 10.7 Å². The number of nitrogen functional groups attached to an aromatic ring is 1. The summed E-state index contributed by atoms with van der Waals surface area (Å²) in [5.74, 6) is 1.14. The van der Waals surface area contributed by atoms with Gasteiger partial charge in [-0.15, -0.1) is 0 Å². The van der Waals surface area contributed by atoms with Crippen LogP contribution in [0.5, 0.6) is 0 Å². The Hall–Kier alpha value is -1.95. The minimum atomic E-state index is 0.362. The van der Waals surface area contributed by atoms with Crippen molar-refractivity contribution in [2.75, 3.05) is 24.1 Å². The number of nitrogens with zero attached hydrogens (tertiary/aromatic N) is 3. The lowest BCUT2D eigenvalue weighted by Crippen LogP contribution is -2.38. The summed E-state index contributed by atoms with van der Waals surface area (Å²) < 4.78 is 0. The minimum Gasteiger partial charge on any atom is -0.383 e. The van der Waals surface area contributed by atoms with Crippen LogP contribution < -0.4 is 16.4 Å². The molecule has 0 amide bonds. The Morgan fingerprint density at radius 3 is 2.91 bits per heavy atom. The number of nitrogens with one attached hydrogen (secondary N) is 2. The highest BCUT2D eigenvalue weighted by atomic mass is 15.2. The molecule has 2 aliphatic rings. The van der Waals surface area contributed by atoms with Gasteiger partial charge in [0.25, 0.3) is 0 Å². The summed E-state index contributed by atoms with van der Waals surface area (Å²) in [6.45, 7) is 4.15. The molecule has 116 valence electrons. The second-order valence-corrected chi connectivity index (χ2v) is 6.33. The van der Waals surface area contributed by atoms with E-state index in [-0.39, 0.29) is 0 Å². The van der Waals surface area contributed by atoms with Gasteiger partial charge in [0.2, 0.25) is 5.95 Å². The topological polar surface area (TPSA) is 88.8 Å². The third-order valence-electron chi connectivity index (χ3n) is 4.81. The Kier molecular flexibility index (Phi) is 3.33.